The standard InChI is InChI=1S/C5H11O.Y/c1-3-4-5-6-2;/h2-5H2,1H3;/q-1;. The molecule has 0 amide bonds. The van der Waals surface area contributed by atoms with E-state index in [-0.39, 0.29) is 32.7 Å². The molecule has 0 rings (SSSR count). The fraction of sp³-hybridized carbons (Fsp3) is 0.800. The Labute approximate surface area is 70.7 Å². The molecule has 0 heterocycles. The van der Waals surface area contributed by atoms with E-state index in [4.69, 9.17) is 0 Å². The Morgan fingerprint density at radius 1 is 1.57 bits per heavy atom. The van der Waals surface area contributed by atoms with E-state index in [1.807, 2.05) is 0 Å². The molecule has 0 unspecified atom stereocenters. The molecular formula is C5H11OY-. The first-order valence-corrected chi connectivity index (χ1v) is 2.28. The van der Waals surface area contributed by atoms with Gasteiger partial charge in [-0.25, -0.2) is 7.11 Å². The summed E-state index contributed by atoms with van der Waals surface area (Å²) in [5.74, 6) is 0. The maximum atomic E-state index is 4.53. The van der Waals surface area contributed by atoms with Gasteiger partial charge in [0.25, 0.3) is 0 Å². The van der Waals surface area contributed by atoms with Gasteiger partial charge in [0, 0.05) is 39.3 Å². The predicted octanol–water partition coefficient (Wildman–Crippen LogP) is 1.59. The van der Waals surface area contributed by atoms with Crippen LogP contribution in [0.1, 0.15) is 19.8 Å². The number of ether oxygens (including phenoxy) is 1. The molecule has 0 atom stereocenters. The van der Waals surface area contributed by atoms with Crippen LogP contribution in [-0.2, 0) is 37.4 Å². The van der Waals surface area contributed by atoms with Crippen molar-refractivity contribution in [2.24, 2.45) is 0 Å². The average molecular weight is 176 g/mol. The minimum absolute atomic E-state index is 0. The minimum atomic E-state index is 0. The molecule has 0 spiro atoms. The first-order chi connectivity index (χ1) is 2.91. The Bertz CT molecular complexity index is 20.0. The zero-order chi connectivity index (χ0) is 4.83. The molecule has 0 aliphatic carbocycles. The molecule has 0 aliphatic heterocycles. The zero-order valence-corrected chi connectivity index (χ0v) is 7.65. The summed E-state index contributed by atoms with van der Waals surface area (Å²) < 4.78 is 4.53. The van der Waals surface area contributed by atoms with Crippen molar-refractivity contribution in [1.29, 1.82) is 0 Å². The Morgan fingerprint density at radius 3 is 2.29 bits per heavy atom. The molecule has 1 nitrogen and oxygen atoms in total. The van der Waals surface area contributed by atoms with E-state index in [1.54, 1.807) is 0 Å². The summed E-state index contributed by atoms with van der Waals surface area (Å²) in [7, 11) is 3.22. The van der Waals surface area contributed by atoms with Gasteiger partial charge >= 0.3 is 0 Å². The van der Waals surface area contributed by atoms with Crippen LogP contribution in [0.25, 0.3) is 0 Å². The van der Waals surface area contributed by atoms with Crippen molar-refractivity contribution in [2.45, 2.75) is 19.8 Å². The topological polar surface area (TPSA) is 9.23 Å². The van der Waals surface area contributed by atoms with Crippen LogP contribution in [0.3, 0.4) is 0 Å². The SMILES string of the molecule is [CH2-]OCCCC.[Y]. The number of hydrogen-bond donors (Lipinski definition) is 0. The Hall–Kier alpha value is 1.06. The molecule has 7 heavy (non-hydrogen) atoms. The molecule has 0 fully saturated rings. The summed E-state index contributed by atoms with van der Waals surface area (Å²) in [4.78, 5) is 0. The van der Waals surface area contributed by atoms with E-state index in [2.05, 4.69) is 18.8 Å². The summed E-state index contributed by atoms with van der Waals surface area (Å²) in [6, 6.07) is 0. The van der Waals surface area contributed by atoms with E-state index >= 15 is 0 Å². The predicted molar refractivity (Wildman–Crippen MR) is 26.2 cm³/mol. The molecule has 0 saturated heterocycles. The maximum Gasteiger partial charge on any atom is 0.0110 e. The van der Waals surface area contributed by atoms with Crippen LogP contribution in [0, 0.1) is 7.11 Å². The molecule has 0 aromatic carbocycles. The quantitative estimate of drug-likeness (QED) is 0.468. The van der Waals surface area contributed by atoms with Crippen molar-refractivity contribution in [3.8, 4) is 0 Å². The maximum absolute atomic E-state index is 4.53. The van der Waals surface area contributed by atoms with Crippen molar-refractivity contribution < 1.29 is 37.4 Å². The van der Waals surface area contributed by atoms with Gasteiger partial charge < -0.3 is 4.74 Å². The molecule has 0 aliphatic rings. The largest absolute Gasteiger partial charge is 0.555 e. The van der Waals surface area contributed by atoms with Gasteiger partial charge in [0.15, 0.2) is 0 Å². The van der Waals surface area contributed by atoms with Crippen LogP contribution < -0.4 is 0 Å². The van der Waals surface area contributed by atoms with E-state index in [1.165, 1.54) is 6.42 Å². The summed E-state index contributed by atoms with van der Waals surface area (Å²) in [6.45, 7) is 2.93. The fourth-order valence-electron chi connectivity index (χ4n) is 0.246. The Kier molecular flexibility index (Phi) is 15.8. The third-order valence-electron chi connectivity index (χ3n) is 0.642. The van der Waals surface area contributed by atoms with Crippen LogP contribution in [0.2, 0.25) is 0 Å². The van der Waals surface area contributed by atoms with Gasteiger partial charge in [0.05, 0.1) is 0 Å². The van der Waals surface area contributed by atoms with Crippen molar-refractivity contribution in [3.05, 3.63) is 7.11 Å². The normalized spacial score (nSPS) is 7.71. The fourth-order valence-corrected chi connectivity index (χ4v) is 0.246. The molecule has 1 radical (unpaired) electrons. The monoisotopic (exact) mass is 176 g/mol. The molecule has 0 saturated carbocycles. The van der Waals surface area contributed by atoms with Gasteiger partial charge in [0.2, 0.25) is 0 Å². The average Bonchev–Trinajstić information content (AvgIpc) is 1.61. The van der Waals surface area contributed by atoms with Gasteiger partial charge in [-0.05, 0) is 6.42 Å². The summed E-state index contributed by atoms with van der Waals surface area (Å²) in [6.07, 6.45) is 2.32. The molecule has 0 aromatic rings. The van der Waals surface area contributed by atoms with Gasteiger partial charge in [-0.1, -0.05) is 13.3 Å². The van der Waals surface area contributed by atoms with Crippen LogP contribution in [-0.4, -0.2) is 6.61 Å². The summed E-state index contributed by atoms with van der Waals surface area (Å²) in [5, 5.41) is 0. The van der Waals surface area contributed by atoms with Gasteiger partial charge in [-0.2, -0.15) is 0 Å². The summed E-state index contributed by atoms with van der Waals surface area (Å²) >= 11 is 0. The van der Waals surface area contributed by atoms with Crippen molar-refractivity contribution in [3.63, 3.8) is 0 Å². The van der Waals surface area contributed by atoms with Crippen molar-refractivity contribution in [1.82, 2.24) is 0 Å². The molecule has 41 valence electrons. The smallest absolute Gasteiger partial charge is 0.0110 e. The van der Waals surface area contributed by atoms with Gasteiger partial charge in [0.1, 0.15) is 0 Å². The number of hydrogen-bond acceptors (Lipinski definition) is 1. The summed E-state index contributed by atoms with van der Waals surface area (Å²) in [5.41, 5.74) is 0. The van der Waals surface area contributed by atoms with Gasteiger partial charge in [-0.15, -0.1) is 0 Å². The first kappa shape index (κ1) is 10.9. The second kappa shape index (κ2) is 10.1. The van der Waals surface area contributed by atoms with Crippen LogP contribution in [0.15, 0.2) is 0 Å². The molecule has 0 bridgehead atoms. The van der Waals surface area contributed by atoms with Crippen molar-refractivity contribution >= 4 is 0 Å². The van der Waals surface area contributed by atoms with E-state index in [0.717, 1.165) is 13.0 Å². The number of rotatable bonds is 3. The third kappa shape index (κ3) is 11.0. The van der Waals surface area contributed by atoms with Gasteiger partial charge in [-0.3, -0.25) is 0 Å². The second-order valence-electron chi connectivity index (χ2n) is 1.26. The van der Waals surface area contributed by atoms with E-state index < -0.39 is 0 Å². The minimum Gasteiger partial charge on any atom is -0.555 e. The van der Waals surface area contributed by atoms with E-state index in [0.29, 0.717) is 0 Å². The second-order valence-corrected chi connectivity index (χ2v) is 1.26. The third-order valence-corrected chi connectivity index (χ3v) is 0.642. The Morgan fingerprint density at radius 2 is 2.14 bits per heavy atom. The molecule has 2 heteroatoms. The number of unbranched alkanes of at least 4 members (excludes halogenated alkanes) is 1. The first-order valence-electron chi connectivity index (χ1n) is 2.28. The Balaban J connectivity index is 0. The van der Waals surface area contributed by atoms with Crippen molar-refractivity contribution in [2.75, 3.05) is 6.61 Å². The molecular weight excluding hydrogens is 165 g/mol. The van der Waals surface area contributed by atoms with E-state index in [9.17, 15) is 0 Å². The zero-order valence-electron chi connectivity index (χ0n) is 4.81. The van der Waals surface area contributed by atoms with Crippen LogP contribution >= 0.6 is 0 Å². The molecule has 0 aromatic heterocycles. The van der Waals surface area contributed by atoms with Crippen LogP contribution in [0.4, 0.5) is 0 Å². The van der Waals surface area contributed by atoms with Crippen LogP contribution in [0.5, 0.6) is 0 Å². The molecule has 0 N–H and O–H groups in total.